The zero-order valence-electron chi connectivity index (χ0n) is 36.7. The molecule has 14 heteroatoms. The summed E-state index contributed by atoms with van der Waals surface area (Å²) in [5.41, 5.74) is -3.48. The Labute approximate surface area is 349 Å². The second-order valence-electron chi connectivity index (χ2n) is 19.6. The van der Waals surface area contributed by atoms with Gasteiger partial charge >= 0.3 is 18.1 Å². The van der Waals surface area contributed by atoms with E-state index in [1.165, 1.54) is 44.6 Å². The lowest BCUT2D eigenvalue weighted by Crippen LogP contribution is -2.78. The summed E-state index contributed by atoms with van der Waals surface area (Å²) in [6.45, 7) is 16.3. The molecule has 3 N–H and O–H groups in total. The number of ether oxygens (including phenoxy) is 7. The number of unbranched alkanes of at least 4 members (excludes halogenated alkanes) is 7. The van der Waals surface area contributed by atoms with E-state index in [0.717, 1.165) is 12.8 Å². The lowest BCUT2D eigenvalue weighted by molar-refractivity contribution is -0.340. The van der Waals surface area contributed by atoms with Gasteiger partial charge in [0.1, 0.15) is 24.9 Å². The summed E-state index contributed by atoms with van der Waals surface area (Å²) in [6, 6.07) is 0. The van der Waals surface area contributed by atoms with Crippen LogP contribution in [0, 0.1) is 46.3 Å². The Kier molecular flexibility index (Phi) is 13.4. The van der Waals surface area contributed by atoms with Crippen molar-refractivity contribution < 1.29 is 67.7 Å². The Morgan fingerprint density at radius 1 is 0.983 bits per heavy atom. The minimum Gasteiger partial charge on any atom is -0.459 e. The number of ketones is 1. The number of fused-ring (bicyclic) bond motifs is 1. The molecule has 6 rings (SSSR count). The van der Waals surface area contributed by atoms with Gasteiger partial charge in [-0.2, -0.15) is 0 Å². The van der Waals surface area contributed by atoms with E-state index in [9.17, 15) is 34.5 Å². The first-order valence-electron chi connectivity index (χ1n) is 22.2. The molecule has 0 aromatic heterocycles. The van der Waals surface area contributed by atoms with E-state index in [-0.39, 0.29) is 44.5 Å². The number of aliphatic hydroxyl groups is 3. The van der Waals surface area contributed by atoms with E-state index >= 15 is 0 Å². The molecule has 0 aromatic carbocycles. The molecule has 59 heavy (non-hydrogen) atoms. The molecule has 0 amide bonds. The molecule has 14 nitrogen and oxygen atoms in total. The molecule has 0 radical (unpaired) electrons. The van der Waals surface area contributed by atoms with Crippen LogP contribution in [-0.2, 0) is 47.5 Å². The van der Waals surface area contributed by atoms with Crippen molar-refractivity contribution in [2.24, 2.45) is 46.3 Å². The summed E-state index contributed by atoms with van der Waals surface area (Å²) in [5, 5.41) is 35.9. The number of hydrogen-bond donors (Lipinski definition) is 3. The Morgan fingerprint density at radius 3 is 2.27 bits per heavy atom. The molecule has 3 aliphatic carbocycles. The number of rotatable bonds is 17. The maximum absolute atomic E-state index is 14.0. The number of carbonyl (C=O) groups is 4. The molecule has 6 aliphatic rings. The lowest BCUT2D eigenvalue weighted by atomic mass is 9.38. The first kappa shape index (κ1) is 45.9. The van der Waals surface area contributed by atoms with Crippen LogP contribution in [0.25, 0.3) is 0 Å². The molecule has 4 unspecified atom stereocenters. The third-order valence-electron chi connectivity index (χ3n) is 15.4. The lowest BCUT2D eigenvalue weighted by Gasteiger charge is -2.68. The summed E-state index contributed by atoms with van der Waals surface area (Å²) in [4.78, 5) is 55.2. The first-order chi connectivity index (χ1) is 27.7. The van der Waals surface area contributed by atoms with Crippen LogP contribution < -0.4 is 0 Å². The number of allylic oxidation sites excluding steroid dienone is 1. The van der Waals surface area contributed by atoms with E-state index < -0.39 is 106 Å². The van der Waals surface area contributed by atoms with Crippen LogP contribution in [0.5, 0.6) is 0 Å². The summed E-state index contributed by atoms with van der Waals surface area (Å²) < 4.78 is 42.0. The summed E-state index contributed by atoms with van der Waals surface area (Å²) in [6.07, 6.45) is 4.24. The standard InChI is InChI=1S/C45H70O14/c1-10-11-12-13-14-15-16-17-18-41(8)54-23-29(59-41)22-53-40(50)58-37-31(46)19-27(6)30-20-32-43-24-55-45(52,39(43)42(30,37)9)36(48)28(7)34(43)35(38(49)56-32)57-33(47)21-44(51,25(2)3)26(4)5/h19,25-26,28-30,32,34-37,39,48,51-52H,10-18,20-24H2,1-9H3/t28-,29?,30+,32-,34?,35-,36-,37-,39?,41?,42-,43+,45+/m1/s1. The molecule has 2 bridgehead atoms. The van der Waals surface area contributed by atoms with Crippen molar-refractivity contribution in [2.75, 3.05) is 19.8 Å². The summed E-state index contributed by atoms with van der Waals surface area (Å²) in [5.74, 6) is -9.32. The van der Waals surface area contributed by atoms with Crippen LogP contribution >= 0.6 is 0 Å². The Balaban J connectivity index is 1.19. The van der Waals surface area contributed by atoms with E-state index in [0.29, 0.717) is 12.0 Å². The van der Waals surface area contributed by atoms with Crippen molar-refractivity contribution in [1.82, 2.24) is 0 Å². The highest BCUT2D eigenvalue weighted by molar-refractivity contribution is 5.97. The second kappa shape index (κ2) is 17.3. The van der Waals surface area contributed by atoms with Crippen LogP contribution in [-0.4, -0.2) is 107 Å². The highest BCUT2D eigenvalue weighted by Gasteiger charge is 2.84. The SMILES string of the molecule is CCCCCCCCCCC1(C)OCC(COC(=O)O[C@@H]2C(=O)C=C(C)[C@@H]3C[C@H]4OC(=O)[C@H](OC(=O)CC(O)(C(C)C)C(C)C)C5[C@@H](C)[C@@H](O)[C@]6(O)OC[C@@]54C6[C@@]23C)O1. The molecule has 3 heterocycles. The number of esters is 2. The first-order valence-corrected chi connectivity index (χ1v) is 22.2. The van der Waals surface area contributed by atoms with Crippen molar-refractivity contribution >= 4 is 23.9 Å². The van der Waals surface area contributed by atoms with Gasteiger partial charge in [0, 0.05) is 29.1 Å². The third kappa shape index (κ3) is 8.01. The van der Waals surface area contributed by atoms with Crippen LogP contribution in [0.1, 0.15) is 133 Å². The van der Waals surface area contributed by atoms with Gasteiger partial charge in [0.15, 0.2) is 23.5 Å². The van der Waals surface area contributed by atoms with Crippen LogP contribution in [0.3, 0.4) is 0 Å². The molecular formula is C45H70O14. The average molecular weight is 835 g/mol. The van der Waals surface area contributed by atoms with Crippen molar-refractivity contribution in [2.45, 2.75) is 181 Å². The van der Waals surface area contributed by atoms with Gasteiger partial charge in [-0.1, -0.05) is 99.0 Å². The summed E-state index contributed by atoms with van der Waals surface area (Å²) in [7, 11) is 0. The highest BCUT2D eigenvalue weighted by atomic mass is 16.8. The predicted molar refractivity (Wildman–Crippen MR) is 212 cm³/mol. The smallest absolute Gasteiger partial charge is 0.459 e. The number of hydrogen-bond acceptors (Lipinski definition) is 14. The molecule has 0 aromatic rings. The Hall–Kier alpha value is -2.62. The summed E-state index contributed by atoms with van der Waals surface area (Å²) >= 11 is 0. The maximum Gasteiger partial charge on any atom is 0.509 e. The minimum absolute atomic E-state index is 0.172. The normalized spacial score (nSPS) is 40.0. The molecule has 3 saturated heterocycles. The van der Waals surface area contributed by atoms with Gasteiger partial charge in [-0.05, 0) is 56.4 Å². The van der Waals surface area contributed by atoms with Crippen LogP contribution in [0.15, 0.2) is 11.6 Å². The zero-order valence-corrected chi connectivity index (χ0v) is 36.7. The quantitative estimate of drug-likeness (QED) is 0.0885. The van der Waals surface area contributed by atoms with Crippen LogP contribution in [0.2, 0.25) is 0 Å². The van der Waals surface area contributed by atoms with Gasteiger partial charge in [-0.25, -0.2) is 9.59 Å². The van der Waals surface area contributed by atoms with Crippen molar-refractivity contribution in [1.29, 1.82) is 0 Å². The second-order valence-corrected chi connectivity index (χ2v) is 19.6. The van der Waals surface area contributed by atoms with Gasteiger partial charge in [-0.15, -0.1) is 0 Å². The van der Waals surface area contributed by atoms with Crippen LogP contribution in [0.4, 0.5) is 4.79 Å². The average Bonchev–Trinajstić information content (AvgIpc) is 3.69. The topological polar surface area (TPSA) is 194 Å². The number of aliphatic hydroxyl groups excluding tert-OH is 1. The molecular weight excluding hydrogens is 764 g/mol. The highest BCUT2D eigenvalue weighted by Crippen LogP contribution is 2.74. The van der Waals surface area contributed by atoms with Crippen molar-refractivity contribution in [3.63, 3.8) is 0 Å². The van der Waals surface area contributed by atoms with Crippen molar-refractivity contribution in [3.05, 3.63) is 11.6 Å². The molecule has 2 saturated carbocycles. The van der Waals surface area contributed by atoms with E-state index in [1.807, 2.05) is 6.92 Å². The van der Waals surface area contributed by atoms with E-state index in [1.54, 1.807) is 48.5 Å². The van der Waals surface area contributed by atoms with Gasteiger partial charge in [0.25, 0.3) is 0 Å². The molecule has 3 aliphatic heterocycles. The largest absolute Gasteiger partial charge is 0.509 e. The van der Waals surface area contributed by atoms with Gasteiger partial charge in [0.2, 0.25) is 6.10 Å². The molecule has 13 atom stereocenters. The van der Waals surface area contributed by atoms with Crippen molar-refractivity contribution in [3.8, 4) is 0 Å². The molecule has 334 valence electrons. The Morgan fingerprint density at radius 2 is 1.63 bits per heavy atom. The maximum atomic E-state index is 14.0. The number of carbonyl (C=O) groups excluding carboxylic acids is 4. The predicted octanol–water partition coefficient (Wildman–Crippen LogP) is 5.94. The molecule has 1 spiro atoms. The van der Waals surface area contributed by atoms with E-state index in [4.69, 9.17) is 33.2 Å². The third-order valence-corrected chi connectivity index (χ3v) is 15.4. The van der Waals surface area contributed by atoms with Gasteiger partial charge < -0.3 is 48.5 Å². The fourth-order valence-corrected chi connectivity index (χ4v) is 12.2. The fraction of sp³-hybridized carbons (Fsp3) is 0.867. The van der Waals surface area contributed by atoms with Gasteiger partial charge in [-0.3, -0.25) is 9.59 Å². The minimum atomic E-state index is -2.26. The Bertz CT molecular complexity index is 1600. The molecule has 5 fully saturated rings. The van der Waals surface area contributed by atoms with Gasteiger partial charge in [0.05, 0.1) is 25.2 Å². The zero-order chi connectivity index (χ0) is 43.3. The van der Waals surface area contributed by atoms with E-state index in [2.05, 4.69) is 6.92 Å². The monoisotopic (exact) mass is 834 g/mol. The fourth-order valence-electron chi connectivity index (χ4n) is 12.2.